The Morgan fingerprint density at radius 3 is 2.41 bits per heavy atom. The maximum atomic E-state index is 13.3. The van der Waals surface area contributed by atoms with Crippen molar-refractivity contribution in [2.24, 2.45) is 11.5 Å². The number of nitrogens with two attached hydrogens (primary N) is 2. The number of carboxylic acids is 1. The van der Waals surface area contributed by atoms with Gasteiger partial charge in [-0.15, -0.1) is 0 Å². The zero-order chi connectivity index (χ0) is 24.3. The largest absolute Gasteiger partial charge is 0.480 e. The molecule has 1 fully saturated rings. The van der Waals surface area contributed by atoms with Gasteiger partial charge in [-0.2, -0.15) is 11.8 Å². The number of nitrogens with zero attached hydrogens (tertiary/aromatic N) is 1. The van der Waals surface area contributed by atoms with Crippen molar-refractivity contribution >= 4 is 35.5 Å². The molecule has 1 rings (SSSR count). The van der Waals surface area contributed by atoms with Crippen molar-refractivity contribution in [2.45, 2.75) is 75.7 Å². The van der Waals surface area contributed by atoms with Gasteiger partial charge in [0.2, 0.25) is 17.7 Å². The topological polar surface area (TPSA) is 188 Å². The molecular weight excluding hydrogens is 438 g/mol. The average molecular weight is 476 g/mol. The number of carbonyl (C=O) groups is 4. The molecule has 0 aromatic rings. The molecule has 12 heteroatoms. The van der Waals surface area contributed by atoms with Crippen molar-refractivity contribution in [3.05, 3.63) is 0 Å². The second-order valence-corrected chi connectivity index (χ2v) is 8.97. The van der Waals surface area contributed by atoms with Gasteiger partial charge in [-0.1, -0.05) is 0 Å². The van der Waals surface area contributed by atoms with Crippen LogP contribution in [0.4, 0.5) is 0 Å². The Balaban J connectivity index is 2.92. The van der Waals surface area contributed by atoms with E-state index in [0.29, 0.717) is 50.9 Å². The van der Waals surface area contributed by atoms with Crippen LogP contribution in [0.1, 0.15) is 45.4 Å². The summed E-state index contributed by atoms with van der Waals surface area (Å²) >= 11 is 1.48. The number of nitrogens with one attached hydrogen (secondary N) is 2. The maximum Gasteiger partial charge on any atom is 0.326 e. The van der Waals surface area contributed by atoms with E-state index in [4.69, 9.17) is 11.5 Å². The summed E-state index contributed by atoms with van der Waals surface area (Å²) in [6.45, 7) is 2.14. The molecule has 0 bridgehead atoms. The summed E-state index contributed by atoms with van der Waals surface area (Å²) in [5.74, 6) is -2.15. The third-order valence-corrected chi connectivity index (χ3v) is 6.09. The van der Waals surface area contributed by atoms with Crippen LogP contribution in [0.3, 0.4) is 0 Å². The van der Waals surface area contributed by atoms with Crippen molar-refractivity contribution in [3.8, 4) is 0 Å². The van der Waals surface area contributed by atoms with Gasteiger partial charge in [-0.3, -0.25) is 14.4 Å². The van der Waals surface area contributed by atoms with Crippen molar-refractivity contribution in [1.29, 1.82) is 0 Å². The molecule has 5 unspecified atom stereocenters. The van der Waals surface area contributed by atoms with Crippen molar-refractivity contribution < 1.29 is 29.4 Å². The molecule has 5 atom stereocenters. The summed E-state index contributed by atoms with van der Waals surface area (Å²) in [4.78, 5) is 51.3. The van der Waals surface area contributed by atoms with Gasteiger partial charge in [-0.05, 0) is 64.0 Å². The first kappa shape index (κ1) is 28.1. The predicted molar refractivity (Wildman–Crippen MR) is 122 cm³/mol. The predicted octanol–water partition coefficient (Wildman–Crippen LogP) is -1.38. The van der Waals surface area contributed by atoms with Crippen molar-refractivity contribution in [1.82, 2.24) is 15.5 Å². The minimum absolute atomic E-state index is 0.276. The van der Waals surface area contributed by atoms with E-state index >= 15 is 0 Å². The fraction of sp³-hybridized carbons (Fsp3) is 0.800. The Bertz CT molecular complexity index is 650. The van der Waals surface area contributed by atoms with E-state index in [2.05, 4.69) is 10.6 Å². The number of hydrogen-bond donors (Lipinski definition) is 6. The van der Waals surface area contributed by atoms with E-state index in [0.717, 1.165) is 0 Å². The van der Waals surface area contributed by atoms with Gasteiger partial charge in [0.05, 0.1) is 6.10 Å². The summed E-state index contributed by atoms with van der Waals surface area (Å²) in [5.41, 5.74) is 11.2. The van der Waals surface area contributed by atoms with Crippen LogP contribution in [0.15, 0.2) is 0 Å². The Hall–Kier alpha value is -1.89. The summed E-state index contributed by atoms with van der Waals surface area (Å²) in [6, 6.07) is -3.95. The lowest BCUT2D eigenvalue weighted by Gasteiger charge is -2.30. The number of carbonyl (C=O) groups excluding carboxylic acids is 3. The molecule has 0 aliphatic carbocycles. The summed E-state index contributed by atoms with van der Waals surface area (Å²) in [5, 5.41) is 24.1. The molecule has 11 nitrogen and oxygen atoms in total. The van der Waals surface area contributed by atoms with E-state index in [9.17, 15) is 29.4 Å². The van der Waals surface area contributed by atoms with Gasteiger partial charge in [0.15, 0.2) is 0 Å². The molecule has 1 heterocycles. The summed E-state index contributed by atoms with van der Waals surface area (Å²) in [7, 11) is 0. The average Bonchev–Trinajstić information content (AvgIpc) is 3.24. The second kappa shape index (κ2) is 14.3. The Labute approximate surface area is 193 Å². The van der Waals surface area contributed by atoms with Gasteiger partial charge >= 0.3 is 5.97 Å². The molecule has 1 saturated heterocycles. The normalized spacial score (nSPS) is 19.7. The van der Waals surface area contributed by atoms with E-state index < -0.39 is 54.0 Å². The minimum atomic E-state index is -1.19. The van der Waals surface area contributed by atoms with Gasteiger partial charge in [0.1, 0.15) is 24.2 Å². The zero-order valence-corrected chi connectivity index (χ0v) is 19.6. The Morgan fingerprint density at radius 1 is 1.16 bits per heavy atom. The lowest BCUT2D eigenvalue weighted by atomic mass is 10.1. The summed E-state index contributed by atoms with van der Waals surface area (Å²) in [6.07, 6.45) is 3.57. The second-order valence-electron chi connectivity index (χ2n) is 7.98. The number of amides is 3. The lowest BCUT2D eigenvalue weighted by Crippen LogP contribution is -2.57. The standard InChI is InChI=1S/C20H37N5O6S/c1-12(26)16(22)18(28)23-13(6-3-4-9-21)19(29)25-10-5-7-15(25)17(27)24-14(20(30)31)8-11-32-2/h12-16,26H,3-11,21-22H2,1-2H3,(H,23,28)(H,24,27)(H,30,31). The first-order chi connectivity index (χ1) is 15.1. The molecule has 184 valence electrons. The van der Waals surface area contributed by atoms with Crippen LogP contribution >= 0.6 is 11.8 Å². The first-order valence-electron chi connectivity index (χ1n) is 10.9. The fourth-order valence-electron chi connectivity index (χ4n) is 3.50. The van der Waals surface area contributed by atoms with E-state index in [1.807, 2.05) is 6.26 Å². The van der Waals surface area contributed by atoms with Crippen molar-refractivity contribution in [2.75, 3.05) is 25.1 Å². The number of likely N-dealkylation sites (tertiary alicyclic amines) is 1. The molecule has 0 saturated carbocycles. The molecule has 0 radical (unpaired) electrons. The van der Waals surface area contributed by atoms with Gasteiger partial charge in [0.25, 0.3) is 0 Å². The number of aliphatic hydroxyl groups excluding tert-OH is 1. The minimum Gasteiger partial charge on any atom is -0.480 e. The third kappa shape index (κ3) is 8.57. The number of hydrogen-bond acceptors (Lipinski definition) is 8. The Kier molecular flexibility index (Phi) is 12.6. The molecular formula is C20H37N5O6S. The van der Waals surface area contributed by atoms with Crippen LogP contribution in [0.25, 0.3) is 0 Å². The van der Waals surface area contributed by atoms with E-state index in [1.54, 1.807) is 0 Å². The zero-order valence-electron chi connectivity index (χ0n) is 18.8. The fourth-order valence-corrected chi connectivity index (χ4v) is 3.97. The van der Waals surface area contributed by atoms with Crippen LogP contribution in [0.5, 0.6) is 0 Å². The SMILES string of the molecule is CSCCC(NC(=O)C1CCCN1C(=O)C(CCCCN)NC(=O)C(N)C(C)O)C(=O)O. The third-order valence-electron chi connectivity index (χ3n) is 5.45. The highest BCUT2D eigenvalue weighted by molar-refractivity contribution is 7.98. The highest BCUT2D eigenvalue weighted by Crippen LogP contribution is 2.20. The molecule has 1 aliphatic heterocycles. The lowest BCUT2D eigenvalue weighted by molar-refractivity contribution is -0.145. The highest BCUT2D eigenvalue weighted by atomic mass is 32.2. The smallest absolute Gasteiger partial charge is 0.326 e. The van der Waals surface area contributed by atoms with E-state index in [-0.39, 0.29) is 6.42 Å². The molecule has 32 heavy (non-hydrogen) atoms. The number of unbranched alkanes of at least 4 members (excludes halogenated alkanes) is 1. The molecule has 1 aliphatic rings. The number of thioether (sulfide) groups is 1. The monoisotopic (exact) mass is 475 g/mol. The van der Waals surface area contributed by atoms with Crippen LogP contribution in [0, 0.1) is 0 Å². The van der Waals surface area contributed by atoms with E-state index in [1.165, 1.54) is 23.6 Å². The quantitative estimate of drug-likeness (QED) is 0.165. The summed E-state index contributed by atoms with van der Waals surface area (Å²) < 4.78 is 0. The van der Waals surface area contributed by atoms with Crippen LogP contribution in [-0.2, 0) is 19.2 Å². The van der Waals surface area contributed by atoms with Gasteiger partial charge in [-0.25, -0.2) is 4.79 Å². The van der Waals surface area contributed by atoms with Gasteiger partial charge < -0.3 is 37.2 Å². The first-order valence-corrected chi connectivity index (χ1v) is 12.3. The maximum absolute atomic E-state index is 13.3. The number of aliphatic carboxylic acids is 1. The Morgan fingerprint density at radius 2 is 1.84 bits per heavy atom. The molecule has 0 aromatic carbocycles. The molecule has 0 aromatic heterocycles. The number of carboxylic acid groups (broad SMARTS) is 1. The van der Waals surface area contributed by atoms with Crippen molar-refractivity contribution in [3.63, 3.8) is 0 Å². The van der Waals surface area contributed by atoms with Gasteiger partial charge in [0, 0.05) is 6.54 Å². The molecule has 0 spiro atoms. The van der Waals surface area contributed by atoms with Crippen LogP contribution in [0.2, 0.25) is 0 Å². The number of rotatable bonds is 14. The highest BCUT2D eigenvalue weighted by Gasteiger charge is 2.39. The number of aliphatic hydroxyl groups is 1. The van der Waals surface area contributed by atoms with Crippen LogP contribution < -0.4 is 22.1 Å². The van der Waals surface area contributed by atoms with Crippen LogP contribution in [-0.4, -0.2) is 94.2 Å². The molecule has 8 N–H and O–H groups in total. The molecule has 3 amide bonds.